The van der Waals surface area contributed by atoms with Crippen molar-refractivity contribution >= 4 is 23.2 Å². The minimum Gasteiger partial charge on any atom is -0.486 e. The van der Waals surface area contributed by atoms with E-state index in [2.05, 4.69) is 10.1 Å². The smallest absolute Gasteiger partial charge is 0.257 e. The first-order valence-electron chi connectivity index (χ1n) is 5.28. The molecule has 2 rings (SSSR count). The largest absolute Gasteiger partial charge is 0.486 e. The van der Waals surface area contributed by atoms with Crippen molar-refractivity contribution in [3.8, 4) is 5.75 Å². The summed E-state index contributed by atoms with van der Waals surface area (Å²) < 4.78 is 31.1. The Bertz CT molecular complexity index is 542. The van der Waals surface area contributed by atoms with E-state index >= 15 is 0 Å². The zero-order chi connectivity index (χ0) is 13.8. The molecular weight excluding hydrogens is 299 g/mol. The van der Waals surface area contributed by atoms with Gasteiger partial charge < -0.3 is 4.74 Å². The van der Waals surface area contributed by atoms with E-state index in [1.807, 2.05) is 0 Å². The Morgan fingerprint density at radius 1 is 1.21 bits per heavy atom. The standard InChI is InChI=1S/C11H9Cl2F2N3O/c12-7-1-8(13)3-9(2-7)19-5-11-16-6-17-18(11)4-10(14)15/h1-3,6,10H,4-5H2. The Morgan fingerprint density at radius 3 is 2.53 bits per heavy atom. The summed E-state index contributed by atoms with van der Waals surface area (Å²) in [5.41, 5.74) is 0. The molecule has 0 saturated heterocycles. The quantitative estimate of drug-likeness (QED) is 0.849. The van der Waals surface area contributed by atoms with E-state index in [9.17, 15) is 8.78 Å². The third-order valence-corrected chi connectivity index (χ3v) is 2.65. The van der Waals surface area contributed by atoms with E-state index in [4.69, 9.17) is 27.9 Å². The highest BCUT2D eigenvalue weighted by molar-refractivity contribution is 6.34. The molecular formula is C11H9Cl2F2N3O. The molecule has 0 bridgehead atoms. The summed E-state index contributed by atoms with van der Waals surface area (Å²) in [6.45, 7) is -0.515. The van der Waals surface area contributed by atoms with Crippen LogP contribution in [0, 0.1) is 0 Å². The van der Waals surface area contributed by atoms with Crippen LogP contribution in [0.5, 0.6) is 5.75 Å². The maximum atomic E-state index is 12.3. The lowest BCUT2D eigenvalue weighted by atomic mass is 10.3. The Kier molecular flexibility index (Phi) is 4.55. The van der Waals surface area contributed by atoms with Crippen molar-refractivity contribution in [2.75, 3.05) is 0 Å². The highest BCUT2D eigenvalue weighted by Gasteiger charge is 2.11. The molecule has 2 aromatic rings. The first-order chi connectivity index (χ1) is 9.04. The molecule has 102 valence electrons. The molecule has 0 amide bonds. The molecule has 0 fully saturated rings. The molecule has 0 saturated carbocycles. The SMILES string of the molecule is FC(F)Cn1ncnc1COc1cc(Cl)cc(Cl)c1. The van der Waals surface area contributed by atoms with Crippen molar-refractivity contribution in [1.82, 2.24) is 14.8 Å². The second kappa shape index (κ2) is 6.16. The number of hydrogen-bond acceptors (Lipinski definition) is 3. The molecule has 0 aliphatic rings. The van der Waals surface area contributed by atoms with Crippen LogP contribution in [0.2, 0.25) is 10.0 Å². The van der Waals surface area contributed by atoms with Gasteiger partial charge in [0.15, 0.2) is 5.82 Å². The lowest BCUT2D eigenvalue weighted by Gasteiger charge is -2.08. The van der Waals surface area contributed by atoms with Crippen LogP contribution in [0.1, 0.15) is 5.82 Å². The van der Waals surface area contributed by atoms with Gasteiger partial charge in [-0.3, -0.25) is 0 Å². The van der Waals surface area contributed by atoms with Crippen LogP contribution in [0.4, 0.5) is 8.78 Å². The fourth-order valence-electron chi connectivity index (χ4n) is 1.44. The van der Waals surface area contributed by atoms with E-state index in [1.54, 1.807) is 18.2 Å². The van der Waals surface area contributed by atoms with Crippen LogP contribution in [0.25, 0.3) is 0 Å². The third-order valence-electron chi connectivity index (χ3n) is 2.21. The average Bonchev–Trinajstić information content (AvgIpc) is 2.71. The zero-order valence-electron chi connectivity index (χ0n) is 9.56. The van der Waals surface area contributed by atoms with Gasteiger partial charge in [-0.25, -0.2) is 18.4 Å². The number of hydrogen-bond donors (Lipinski definition) is 0. The number of ether oxygens (including phenoxy) is 1. The van der Waals surface area contributed by atoms with Gasteiger partial charge in [-0.1, -0.05) is 23.2 Å². The topological polar surface area (TPSA) is 39.9 Å². The van der Waals surface area contributed by atoms with Gasteiger partial charge in [-0.05, 0) is 18.2 Å². The van der Waals surface area contributed by atoms with E-state index in [1.165, 1.54) is 6.33 Å². The number of rotatable bonds is 5. The van der Waals surface area contributed by atoms with E-state index < -0.39 is 13.0 Å². The molecule has 8 heteroatoms. The minimum absolute atomic E-state index is 0.00336. The molecule has 0 aliphatic carbocycles. The van der Waals surface area contributed by atoms with Gasteiger partial charge in [0.25, 0.3) is 6.43 Å². The minimum atomic E-state index is -2.50. The normalized spacial score (nSPS) is 11.0. The summed E-state index contributed by atoms with van der Waals surface area (Å²) in [5.74, 6) is 0.737. The Morgan fingerprint density at radius 2 is 1.89 bits per heavy atom. The van der Waals surface area contributed by atoms with E-state index in [0.717, 1.165) is 4.68 Å². The molecule has 4 nitrogen and oxygen atoms in total. The van der Waals surface area contributed by atoms with Crippen molar-refractivity contribution in [2.24, 2.45) is 0 Å². The summed E-state index contributed by atoms with van der Waals surface area (Å²) in [5, 5.41) is 4.55. The fourth-order valence-corrected chi connectivity index (χ4v) is 1.95. The van der Waals surface area contributed by atoms with Crippen molar-refractivity contribution < 1.29 is 13.5 Å². The van der Waals surface area contributed by atoms with Gasteiger partial charge in [-0.15, -0.1) is 0 Å². The van der Waals surface area contributed by atoms with Gasteiger partial charge in [-0.2, -0.15) is 5.10 Å². The maximum absolute atomic E-state index is 12.3. The van der Waals surface area contributed by atoms with Gasteiger partial charge >= 0.3 is 0 Å². The summed E-state index contributed by atoms with van der Waals surface area (Å²) in [6, 6.07) is 4.71. The van der Waals surface area contributed by atoms with Crippen LogP contribution in [0.3, 0.4) is 0 Å². The third kappa shape index (κ3) is 4.04. The molecule has 0 unspecified atom stereocenters. The Hall–Kier alpha value is -1.40. The zero-order valence-corrected chi connectivity index (χ0v) is 11.1. The first-order valence-corrected chi connectivity index (χ1v) is 6.04. The average molecular weight is 308 g/mol. The molecule has 0 radical (unpaired) electrons. The molecule has 1 aromatic carbocycles. The molecule has 19 heavy (non-hydrogen) atoms. The first kappa shape index (κ1) is 14.0. The number of aromatic nitrogens is 3. The number of alkyl halides is 2. The second-order valence-corrected chi connectivity index (χ2v) is 4.52. The molecule has 1 aromatic heterocycles. The lowest BCUT2D eigenvalue weighted by Crippen LogP contribution is -2.13. The van der Waals surface area contributed by atoms with Crippen LogP contribution in [-0.4, -0.2) is 21.2 Å². The van der Waals surface area contributed by atoms with Gasteiger partial charge in [0.05, 0.1) is 0 Å². The Balaban J connectivity index is 2.04. The van der Waals surface area contributed by atoms with Crippen molar-refractivity contribution in [2.45, 2.75) is 19.6 Å². The number of benzene rings is 1. The molecule has 0 atom stereocenters. The highest BCUT2D eigenvalue weighted by Crippen LogP contribution is 2.24. The van der Waals surface area contributed by atoms with Crippen LogP contribution in [0.15, 0.2) is 24.5 Å². The van der Waals surface area contributed by atoms with Crippen molar-refractivity contribution in [3.63, 3.8) is 0 Å². The highest BCUT2D eigenvalue weighted by atomic mass is 35.5. The van der Waals surface area contributed by atoms with Gasteiger partial charge in [0, 0.05) is 10.0 Å². The number of nitrogens with zero attached hydrogens (tertiary/aromatic N) is 3. The molecule has 0 aliphatic heterocycles. The van der Waals surface area contributed by atoms with Crippen molar-refractivity contribution in [1.29, 1.82) is 0 Å². The monoisotopic (exact) mass is 307 g/mol. The summed E-state index contributed by atoms with van der Waals surface area (Å²) >= 11 is 11.6. The van der Waals surface area contributed by atoms with Crippen LogP contribution < -0.4 is 4.74 Å². The second-order valence-electron chi connectivity index (χ2n) is 3.64. The summed E-state index contributed by atoms with van der Waals surface area (Å²) in [7, 11) is 0. The lowest BCUT2D eigenvalue weighted by molar-refractivity contribution is 0.118. The Labute approximate surface area is 117 Å². The fraction of sp³-hybridized carbons (Fsp3) is 0.273. The summed E-state index contributed by atoms with van der Waals surface area (Å²) in [6.07, 6.45) is -1.30. The van der Waals surface area contributed by atoms with E-state index in [0.29, 0.717) is 21.6 Å². The number of halogens is 4. The molecule has 1 heterocycles. The maximum Gasteiger partial charge on any atom is 0.257 e. The predicted octanol–water partition coefficient (Wildman–Crippen LogP) is 3.43. The predicted molar refractivity (Wildman–Crippen MR) is 66.8 cm³/mol. The molecule has 0 N–H and O–H groups in total. The van der Waals surface area contributed by atoms with Crippen LogP contribution >= 0.6 is 23.2 Å². The summed E-state index contributed by atoms with van der Waals surface area (Å²) in [4.78, 5) is 3.86. The van der Waals surface area contributed by atoms with Gasteiger partial charge in [0.1, 0.15) is 25.2 Å². The molecule has 0 spiro atoms. The van der Waals surface area contributed by atoms with E-state index in [-0.39, 0.29) is 6.61 Å². The van der Waals surface area contributed by atoms with Crippen molar-refractivity contribution in [3.05, 3.63) is 40.4 Å². The van der Waals surface area contributed by atoms with Gasteiger partial charge in [0.2, 0.25) is 0 Å². The van der Waals surface area contributed by atoms with Crippen LogP contribution in [-0.2, 0) is 13.2 Å².